The molecular weight excluding hydrogens is 823 g/mol. The van der Waals surface area contributed by atoms with Crippen molar-refractivity contribution in [3.8, 4) is 0 Å². The van der Waals surface area contributed by atoms with Gasteiger partial charge in [-0.2, -0.15) is 18.3 Å². The number of hydrogen-bond acceptors (Lipinski definition) is 10. The van der Waals surface area contributed by atoms with Crippen LogP contribution < -0.4 is 21.2 Å². The van der Waals surface area contributed by atoms with Crippen LogP contribution in [0.1, 0.15) is 73.2 Å². The molecule has 5 aromatic rings. The van der Waals surface area contributed by atoms with Crippen LogP contribution in [0.2, 0.25) is 0 Å². The number of aryl methyl sites for hydroxylation is 1. The number of imide groups is 1. The maximum absolute atomic E-state index is 16.1. The maximum Gasteiger partial charge on any atom is 0.433 e. The molecule has 3 atom stereocenters. The van der Waals surface area contributed by atoms with Crippen molar-refractivity contribution in [2.45, 2.75) is 80.3 Å². The van der Waals surface area contributed by atoms with Crippen LogP contribution in [0.5, 0.6) is 0 Å². The molecule has 61 heavy (non-hydrogen) atoms. The Bertz CT molecular complexity index is 2720. The fraction of sp³-hybridized carbons (Fsp3) is 0.463. The average Bonchev–Trinajstić information content (AvgIpc) is 3.74. The van der Waals surface area contributed by atoms with E-state index in [0.717, 1.165) is 50.1 Å². The first-order chi connectivity index (χ1) is 28.9. The van der Waals surface area contributed by atoms with Crippen LogP contribution in [0.3, 0.4) is 0 Å². The Kier molecular flexibility index (Phi) is 11.0. The Labute approximate surface area is 347 Å². The zero-order valence-electron chi connectivity index (χ0n) is 33.7. The van der Waals surface area contributed by atoms with Crippen LogP contribution in [0.15, 0.2) is 64.4 Å². The van der Waals surface area contributed by atoms with Gasteiger partial charge < -0.3 is 15.1 Å². The van der Waals surface area contributed by atoms with Gasteiger partial charge in [-0.05, 0) is 87.9 Å². The minimum Gasteiger partial charge on any atom is -0.367 e. The van der Waals surface area contributed by atoms with Gasteiger partial charge in [-0.15, -0.1) is 0 Å². The zero-order chi connectivity index (χ0) is 43.5. The summed E-state index contributed by atoms with van der Waals surface area (Å²) in [6, 6.07) is 9.96. The number of alkyl halides is 4. The number of sulfone groups is 1. The number of pyridine rings is 1. The van der Waals surface area contributed by atoms with Crippen LogP contribution in [0.4, 0.5) is 28.9 Å². The number of piperidine rings is 2. The van der Waals surface area contributed by atoms with E-state index in [9.17, 15) is 40.8 Å². The number of benzene rings is 2. The molecule has 1 saturated carbocycles. The number of imidazole rings is 1. The number of rotatable bonds is 9. The largest absolute Gasteiger partial charge is 0.433 e. The van der Waals surface area contributed by atoms with Gasteiger partial charge in [0.05, 0.1) is 45.4 Å². The van der Waals surface area contributed by atoms with Crippen LogP contribution in [-0.4, -0.2) is 100 Å². The van der Waals surface area contributed by atoms with Crippen molar-refractivity contribution in [3.05, 3.63) is 76.6 Å². The molecule has 15 nitrogen and oxygen atoms in total. The first kappa shape index (κ1) is 42.1. The molecule has 8 rings (SSSR count). The predicted molar refractivity (Wildman–Crippen MR) is 218 cm³/mol. The second-order valence-electron chi connectivity index (χ2n) is 16.4. The van der Waals surface area contributed by atoms with Gasteiger partial charge in [0, 0.05) is 50.4 Å². The molecular formula is C41H45F4N9O6S. The molecule has 2 saturated heterocycles. The SMILES string of the molecule is CN(CC1CCC(n2cc3cc(NC(=O)c4cccc(C(F)(F)F)n4)c(S(C)(=O)=O)cc3n2)CC1)C1CCN(c2cccc3c2n(C)c(=O)n3C2CCC(=O)NC2=O)CC1F. The maximum atomic E-state index is 16.1. The van der Waals surface area contributed by atoms with Crippen molar-refractivity contribution in [2.24, 2.45) is 13.0 Å². The molecule has 5 heterocycles. The summed E-state index contributed by atoms with van der Waals surface area (Å²) in [5.74, 6) is -1.58. The fourth-order valence-electron chi connectivity index (χ4n) is 9.21. The van der Waals surface area contributed by atoms with Crippen LogP contribution in [0, 0.1) is 5.92 Å². The molecule has 2 aromatic carbocycles. The predicted octanol–water partition coefficient (Wildman–Crippen LogP) is 5.02. The van der Waals surface area contributed by atoms with E-state index in [0.29, 0.717) is 53.1 Å². The number of carbonyl (C=O) groups excluding carboxylic acids is 3. The normalized spacial score (nSPS) is 22.9. The Morgan fingerprint density at radius 2 is 1.75 bits per heavy atom. The quantitative estimate of drug-likeness (QED) is 0.151. The van der Waals surface area contributed by atoms with Crippen molar-refractivity contribution >= 4 is 60.9 Å². The van der Waals surface area contributed by atoms with E-state index < -0.39 is 51.4 Å². The summed E-state index contributed by atoms with van der Waals surface area (Å²) in [5, 5.41) is 9.97. The number of carbonyl (C=O) groups is 3. The number of hydrogen-bond donors (Lipinski definition) is 2. The van der Waals surface area contributed by atoms with Gasteiger partial charge in [-0.25, -0.2) is 22.6 Å². The number of para-hydroxylation sites is 1. The van der Waals surface area contributed by atoms with Gasteiger partial charge in [0.2, 0.25) is 11.8 Å². The standard InChI is InChI=1S/C41H45F4N9O6S/c1-50(30-16-17-52(22-26(30)42)31-7-5-8-32-37(31)51(2)40(58)54(32)33-14-15-36(55)48-39(33)57)20-23-10-12-25(13-11-23)53-21-24-18-29(34(61(3,59)60)19-28(24)49-53)47-38(56)27-6-4-9-35(46-27)41(43,44)45/h4-9,18-19,21,23,25-26,30,33H,10-17,20,22H2,1-3H3,(H,47,56)(H,48,55,57). The number of fused-ring (bicyclic) bond motifs is 2. The number of nitrogens with one attached hydrogen (secondary N) is 2. The highest BCUT2D eigenvalue weighted by molar-refractivity contribution is 7.90. The highest BCUT2D eigenvalue weighted by Crippen LogP contribution is 2.37. The zero-order valence-corrected chi connectivity index (χ0v) is 34.5. The van der Waals surface area contributed by atoms with E-state index >= 15 is 4.39 Å². The van der Waals surface area contributed by atoms with Gasteiger partial charge in [-0.1, -0.05) is 12.1 Å². The Morgan fingerprint density at radius 1 is 1.02 bits per heavy atom. The molecule has 3 aliphatic rings. The minimum absolute atomic E-state index is 0.00341. The molecule has 324 valence electrons. The lowest BCUT2D eigenvalue weighted by molar-refractivity contribution is -0.141. The van der Waals surface area contributed by atoms with Gasteiger partial charge in [-0.3, -0.25) is 33.5 Å². The van der Waals surface area contributed by atoms with E-state index in [1.54, 1.807) is 30.1 Å². The Balaban J connectivity index is 0.902. The summed E-state index contributed by atoms with van der Waals surface area (Å²) in [7, 11) is -0.320. The number of halogens is 4. The summed E-state index contributed by atoms with van der Waals surface area (Å²) in [6.07, 6.45) is 0.928. The third kappa shape index (κ3) is 8.26. The topological polar surface area (TPSA) is 174 Å². The van der Waals surface area contributed by atoms with Crippen LogP contribution in [0.25, 0.3) is 21.9 Å². The molecule has 2 aliphatic heterocycles. The van der Waals surface area contributed by atoms with Gasteiger partial charge >= 0.3 is 11.9 Å². The highest BCUT2D eigenvalue weighted by Gasteiger charge is 2.37. The van der Waals surface area contributed by atoms with E-state index in [1.807, 2.05) is 18.0 Å². The van der Waals surface area contributed by atoms with Crippen molar-refractivity contribution in [1.29, 1.82) is 0 Å². The number of amides is 3. The van der Waals surface area contributed by atoms with Crippen molar-refractivity contribution in [2.75, 3.05) is 43.2 Å². The average molecular weight is 868 g/mol. The fourth-order valence-corrected chi connectivity index (χ4v) is 10.0. The third-order valence-electron chi connectivity index (χ3n) is 12.3. The van der Waals surface area contributed by atoms with E-state index in [4.69, 9.17) is 0 Å². The second-order valence-corrected chi connectivity index (χ2v) is 18.4. The molecule has 20 heteroatoms. The van der Waals surface area contributed by atoms with E-state index in [-0.39, 0.29) is 53.6 Å². The van der Waals surface area contributed by atoms with E-state index in [1.165, 1.54) is 21.3 Å². The molecule has 3 fully saturated rings. The molecule has 1 aliphatic carbocycles. The second kappa shape index (κ2) is 16.0. The lowest BCUT2D eigenvalue weighted by Crippen LogP contribution is -2.52. The van der Waals surface area contributed by atoms with Crippen molar-refractivity contribution in [3.63, 3.8) is 0 Å². The van der Waals surface area contributed by atoms with Crippen LogP contribution in [-0.2, 0) is 32.7 Å². The van der Waals surface area contributed by atoms with Gasteiger partial charge in [0.1, 0.15) is 23.6 Å². The summed E-state index contributed by atoms with van der Waals surface area (Å²) >= 11 is 0. The number of aromatic nitrogens is 5. The number of nitrogens with zero attached hydrogens (tertiary/aromatic N) is 7. The van der Waals surface area contributed by atoms with Crippen LogP contribution >= 0.6 is 0 Å². The van der Waals surface area contributed by atoms with E-state index in [2.05, 4.69) is 25.6 Å². The monoisotopic (exact) mass is 867 g/mol. The Hall–Kier alpha value is -5.63. The van der Waals surface area contributed by atoms with Crippen molar-refractivity contribution < 1.29 is 40.4 Å². The summed E-state index contributed by atoms with van der Waals surface area (Å²) in [6.45, 7) is 1.37. The lowest BCUT2D eigenvalue weighted by atomic mass is 9.85. The molecule has 3 aromatic heterocycles. The number of anilines is 2. The summed E-state index contributed by atoms with van der Waals surface area (Å²) in [5.41, 5.74) is -0.0221. The summed E-state index contributed by atoms with van der Waals surface area (Å²) < 4.78 is 86.1. The highest BCUT2D eigenvalue weighted by atomic mass is 32.2. The lowest BCUT2D eigenvalue weighted by Gasteiger charge is -2.42. The third-order valence-corrected chi connectivity index (χ3v) is 13.4. The molecule has 0 bridgehead atoms. The summed E-state index contributed by atoms with van der Waals surface area (Å²) in [4.78, 5) is 58.1. The molecule has 3 amide bonds. The van der Waals surface area contributed by atoms with Crippen molar-refractivity contribution in [1.82, 2.24) is 34.1 Å². The first-order valence-corrected chi connectivity index (χ1v) is 22.0. The molecule has 3 unspecified atom stereocenters. The molecule has 2 N–H and O–H groups in total. The first-order valence-electron chi connectivity index (χ1n) is 20.1. The smallest absolute Gasteiger partial charge is 0.367 e. The van der Waals surface area contributed by atoms with Gasteiger partial charge in [0.15, 0.2) is 9.84 Å². The van der Waals surface area contributed by atoms with Gasteiger partial charge in [0.25, 0.3) is 5.91 Å². The minimum atomic E-state index is -4.77. The molecule has 0 spiro atoms. The Morgan fingerprint density at radius 3 is 2.44 bits per heavy atom. The molecule has 0 radical (unpaired) electrons.